The fraction of sp³-hybridized carbons (Fsp3) is 0.300. The summed E-state index contributed by atoms with van der Waals surface area (Å²) in [6, 6.07) is 10.7. The molecule has 0 heterocycles. The summed E-state index contributed by atoms with van der Waals surface area (Å²) in [5, 5.41) is 2.83. The van der Waals surface area contributed by atoms with Crippen molar-refractivity contribution in [2.75, 3.05) is 38.1 Å². The predicted octanol–water partition coefficient (Wildman–Crippen LogP) is 3.01. The maximum atomic E-state index is 12.5. The largest absolute Gasteiger partial charge is 0.493 e. The third-order valence-electron chi connectivity index (χ3n) is 4.06. The molecule has 144 valence electrons. The second kappa shape index (κ2) is 8.93. The molecule has 0 aromatic heterocycles. The van der Waals surface area contributed by atoms with Crippen LogP contribution in [0.3, 0.4) is 0 Å². The number of nitrogens with zero attached hydrogens (tertiary/aromatic N) is 1. The molecule has 0 saturated heterocycles. The number of carbonyl (C=O) groups excluding carboxylic acids is 2. The van der Waals surface area contributed by atoms with E-state index in [1.165, 1.54) is 33.2 Å². The van der Waals surface area contributed by atoms with Crippen LogP contribution in [0.25, 0.3) is 0 Å². The zero-order valence-electron chi connectivity index (χ0n) is 16.2. The lowest BCUT2D eigenvalue weighted by atomic mass is 10.2. The van der Waals surface area contributed by atoms with Gasteiger partial charge in [-0.3, -0.25) is 9.59 Å². The zero-order valence-corrected chi connectivity index (χ0v) is 16.2. The molecular formula is C20H24N2O5. The Labute approximate surface area is 158 Å². The maximum Gasteiger partial charge on any atom is 0.244 e. The number of ether oxygens (including phenoxy) is 3. The third kappa shape index (κ3) is 4.69. The Balaban J connectivity index is 2.31. The van der Waals surface area contributed by atoms with Gasteiger partial charge in [-0.05, 0) is 18.6 Å². The molecule has 0 aliphatic rings. The number of hydrogen-bond acceptors (Lipinski definition) is 5. The third-order valence-corrected chi connectivity index (χ3v) is 4.06. The SMILES string of the molecule is COc1cc(N(CC(=O)Nc2ccccc2C)C(C)=O)cc(OC)c1OC. The zero-order chi connectivity index (χ0) is 20.0. The molecule has 0 bridgehead atoms. The van der Waals surface area contributed by atoms with Crippen molar-refractivity contribution in [3.05, 3.63) is 42.0 Å². The van der Waals surface area contributed by atoms with E-state index in [0.717, 1.165) is 5.56 Å². The van der Waals surface area contributed by atoms with Gasteiger partial charge >= 0.3 is 0 Å². The van der Waals surface area contributed by atoms with Crippen molar-refractivity contribution in [1.82, 2.24) is 0 Å². The molecule has 0 fully saturated rings. The number of methoxy groups -OCH3 is 3. The van der Waals surface area contributed by atoms with E-state index in [2.05, 4.69) is 5.32 Å². The molecule has 2 aromatic rings. The lowest BCUT2D eigenvalue weighted by molar-refractivity contribution is -0.120. The Bertz CT molecular complexity index is 810. The second-order valence-corrected chi connectivity index (χ2v) is 5.85. The van der Waals surface area contributed by atoms with E-state index >= 15 is 0 Å². The van der Waals surface area contributed by atoms with Crippen molar-refractivity contribution in [3.8, 4) is 17.2 Å². The van der Waals surface area contributed by atoms with Gasteiger partial charge in [0.25, 0.3) is 0 Å². The van der Waals surface area contributed by atoms with Gasteiger partial charge in [0.1, 0.15) is 6.54 Å². The molecule has 27 heavy (non-hydrogen) atoms. The second-order valence-electron chi connectivity index (χ2n) is 5.85. The van der Waals surface area contributed by atoms with Crippen LogP contribution >= 0.6 is 0 Å². The van der Waals surface area contributed by atoms with Crippen LogP contribution in [0, 0.1) is 6.92 Å². The minimum Gasteiger partial charge on any atom is -0.493 e. The fourth-order valence-electron chi connectivity index (χ4n) is 2.65. The molecule has 0 aliphatic carbocycles. The number of anilines is 2. The van der Waals surface area contributed by atoms with Crippen LogP contribution in [0.15, 0.2) is 36.4 Å². The molecule has 0 spiro atoms. The standard InChI is InChI=1S/C20H24N2O5/c1-13-8-6-7-9-16(13)21-19(24)12-22(14(2)23)15-10-17(25-3)20(27-5)18(11-15)26-4/h6-11H,12H2,1-5H3,(H,21,24). The quantitative estimate of drug-likeness (QED) is 0.808. The smallest absolute Gasteiger partial charge is 0.244 e. The van der Waals surface area contributed by atoms with Crippen molar-refractivity contribution < 1.29 is 23.8 Å². The number of hydrogen-bond donors (Lipinski definition) is 1. The van der Waals surface area contributed by atoms with Crippen LogP contribution in [0.2, 0.25) is 0 Å². The Morgan fingerprint density at radius 2 is 1.59 bits per heavy atom. The van der Waals surface area contributed by atoms with E-state index in [1.54, 1.807) is 12.1 Å². The highest BCUT2D eigenvalue weighted by Gasteiger charge is 2.21. The van der Waals surface area contributed by atoms with Crippen LogP contribution < -0.4 is 24.4 Å². The molecule has 1 N–H and O–H groups in total. The van der Waals surface area contributed by atoms with Gasteiger partial charge < -0.3 is 24.4 Å². The minimum absolute atomic E-state index is 0.150. The first-order chi connectivity index (χ1) is 12.9. The van der Waals surface area contributed by atoms with Gasteiger partial charge in [0.05, 0.1) is 27.0 Å². The topological polar surface area (TPSA) is 77.1 Å². The van der Waals surface area contributed by atoms with Crippen LogP contribution in [0.5, 0.6) is 17.2 Å². The van der Waals surface area contributed by atoms with Crippen LogP contribution in [0.4, 0.5) is 11.4 Å². The minimum atomic E-state index is -0.312. The number of rotatable bonds is 7. The molecule has 0 aliphatic heterocycles. The van der Waals surface area contributed by atoms with Crippen LogP contribution in [0.1, 0.15) is 12.5 Å². The summed E-state index contributed by atoms with van der Waals surface area (Å²) in [4.78, 5) is 26.0. The van der Waals surface area contributed by atoms with Gasteiger partial charge in [-0.1, -0.05) is 18.2 Å². The predicted molar refractivity (Wildman–Crippen MR) is 104 cm³/mol. The van der Waals surface area contributed by atoms with E-state index in [4.69, 9.17) is 14.2 Å². The molecule has 0 radical (unpaired) electrons. The number of para-hydroxylation sites is 1. The van der Waals surface area contributed by atoms with Crippen LogP contribution in [-0.4, -0.2) is 39.7 Å². The lowest BCUT2D eigenvalue weighted by Gasteiger charge is -2.23. The monoisotopic (exact) mass is 372 g/mol. The van der Waals surface area contributed by atoms with E-state index in [-0.39, 0.29) is 18.4 Å². The highest BCUT2D eigenvalue weighted by molar-refractivity contribution is 6.02. The van der Waals surface area contributed by atoms with E-state index in [1.807, 2.05) is 31.2 Å². The normalized spacial score (nSPS) is 10.1. The van der Waals surface area contributed by atoms with Gasteiger partial charge in [0.2, 0.25) is 17.6 Å². The molecule has 7 heteroatoms. The molecule has 2 amide bonds. The summed E-state index contributed by atoms with van der Waals surface area (Å²) in [6.07, 6.45) is 0. The first-order valence-electron chi connectivity index (χ1n) is 8.34. The van der Waals surface area contributed by atoms with Gasteiger partial charge in [-0.15, -0.1) is 0 Å². The Kier molecular flexibility index (Phi) is 6.65. The van der Waals surface area contributed by atoms with Crippen molar-refractivity contribution in [2.24, 2.45) is 0 Å². The fourth-order valence-corrected chi connectivity index (χ4v) is 2.65. The lowest BCUT2D eigenvalue weighted by Crippen LogP contribution is -2.36. The summed E-state index contributed by atoms with van der Waals surface area (Å²) in [5.41, 5.74) is 2.11. The van der Waals surface area contributed by atoms with Gasteiger partial charge in [-0.2, -0.15) is 0 Å². The van der Waals surface area contributed by atoms with E-state index in [9.17, 15) is 9.59 Å². The van der Waals surface area contributed by atoms with Gasteiger partial charge in [0.15, 0.2) is 11.5 Å². The number of nitrogens with one attached hydrogen (secondary N) is 1. The molecule has 0 unspecified atom stereocenters. The average Bonchev–Trinajstić information content (AvgIpc) is 2.66. The summed E-state index contributed by atoms with van der Waals surface area (Å²) in [5.74, 6) is 0.615. The Morgan fingerprint density at radius 1 is 1.00 bits per heavy atom. The number of carbonyl (C=O) groups is 2. The summed E-state index contributed by atoms with van der Waals surface area (Å²) in [6.45, 7) is 3.14. The van der Waals surface area contributed by atoms with Gasteiger partial charge in [-0.25, -0.2) is 0 Å². The van der Waals surface area contributed by atoms with Gasteiger partial charge in [0, 0.05) is 24.7 Å². The number of amides is 2. The number of benzene rings is 2. The van der Waals surface area contributed by atoms with Crippen LogP contribution in [-0.2, 0) is 9.59 Å². The first kappa shape index (κ1) is 20.1. The summed E-state index contributed by atoms with van der Waals surface area (Å²) < 4.78 is 15.9. The molecule has 0 saturated carbocycles. The number of aryl methyl sites for hydroxylation is 1. The Morgan fingerprint density at radius 3 is 2.07 bits per heavy atom. The molecule has 0 atom stereocenters. The first-order valence-corrected chi connectivity index (χ1v) is 8.34. The van der Waals surface area contributed by atoms with Crippen molar-refractivity contribution in [1.29, 1.82) is 0 Å². The molecule has 7 nitrogen and oxygen atoms in total. The van der Waals surface area contributed by atoms with Crippen molar-refractivity contribution in [2.45, 2.75) is 13.8 Å². The molecular weight excluding hydrogens is 348 g/mol. The summed E-state index contributed by atoms with van der Waals surface area (Å²) >= 11 is 0. The highest BCUT2D eigenvalue weighted by atomic mass is 16.5. The van der Waals surface area contributed by atoms with E-state index in [0.29, 0.717) is 28.6 Å². The van der Waals surface area contributed by atoms with Crippen molar-refractivity contribution in [3.63, 3.8) is 0 Å². The highest BCUT2D eigenvalue weighted by Crippen LogP contribution is 2.41. The average molecular weight is 372 g/mol. The molecule has 2 rings (SSSR count). The summed E-state index contributed by atoms with van der Waals surface area (Å²) in [7, 11) is 4.48. The molecule has 2 aromatic carbocycles. The Hall–Kier alpha value is -3.22. The maximum absolute atomic E-state index is 12.5. The van der Waals surface area contributed by atoms with Crippen molar-refractivity contribution >= 4 is 23.2 Å². The van der Waals surface area contributed by atoms with E-state index < -0.39 is 0 Å².